The van der Waals surface area contributed by atoms with E-state index in [0.29, 0.717) is 5.92 Å². The molecule has 0 aliphatic rings. The van der Waals surface area contributed by atoms with E-state index in [1.807, 2.05) is 0 Å². The highest BCUT2D eigenvalue weighted by Gasteiger charge is 2.07. The van der Waals surface area contributed by atoms with E-state index >= 15 is 0 Å². The number of aromatic nitrogens is 1. The van der Waals surface area contributed by atoms with Gasteiger partial charge in [0.2, 0.25) is 0 Å². The molecule has 18 heavy (non-hydrogen) atoms. The van der Waals surface area contributed by atoms with Gasteiger partial charge < -0.3 is 0 Å². The molecule has 2 aromatic carbocycles. The van der Waals surface area contributed by atoms with Crippen molar-refractivity contribution in [3.05, 3.63) is 52.9 Å². The van der Waals surface area contributed by atoms with Crippen molar-refractivity contribution in [3.8, 4) is 11.3 Å². The van der Waals surface area contributed by atoms with E-state index in [2.05, 4.69) is 61.7 Å². The molecule has 0 spiro atoms. The van der Waals surface area contributed by atoms with Gasteiger partial charge in [-0.05, 0) is 16.8 Å². The molecule has 0 radical (unpaired) electrons. The summed E-state index contributed by atoms with van der Waals surface area (Å²) in [4.78, 5) is 4.71. The fraction of sp³-hybridized carbons (Fsp3) is 0.188. The zero-order valence-electron chi connectivity index (χ0n) is 10.6. The number of nitrogens with zero attached hydrogens (tertiary/aromatic N) is 1. The van der Waals surface area contributed by atoms with Crippen molar-refractivity contribution >= 4 is 22.1 Å². The Kier molecular flexibility index (Phi) is 2.88. The Morgan fingerprint density at radius 1 is 1.00 bits per heavy atom. The summed E-state index contributed by atoms with van der Waals surface area (Å²) in [6, 6.07) is 15.0. The molecule has 0 aliphatic heterocycles. The van der Waals surface area contributed by atoms with Crippen LogP contribution in [0.5, 0.6) is 0 Å². The van der Waals surface area contributed by atoms with E-state index < -0.39 is 0 Å². The maximum atomic E-state index is 4.71. The molecule has 0 N–H and O–H groups in total. The number of hydrogen-bond acceptors (Lipinski definition) is 2. The summed E-state index contributed by atoms with van der Waals surface area (Å²) in [6.45, 7) is 4.37. The largest absolute Gasteiger partial charge is 0.241 e. The quantitative estimate of drug-likeness (QED) is 0.620. The van der Waals surface area contributed by atoms with Gasteiger partial charge in [0.1, 0.15) is 0 Å². The van der Waals surface area contributed by atoms with Crippen LogP contribution >= 0.6 is 11.3 Å². The Morgan fingerprint density at radius 2 is 1.78 bits per heavy atom. The molecule has 0 aliphatic carbocycles. The van der Waals surface area contributed by atoms with E-state index in [9.17, 15) is 0 Å². The molecule has 0 bridgehead atoms. The summed E-state index contributed by atoms with van der Waals surface area (Å²) in [5, 5.41) is 5.91. The second-order valence-electron chi connectivity index (χ2n) is 4.79. The molecule has 1 aromatic heterocycles. The lowest BCUT2D eigenvalue weighted by Gasteiger charge is -2.01. The Balaban J connectivity index is 2.07. The molecule has 1 heterocycles. The summed E-state index contributed by atoms with van der Waals surface area (Å²) >= 11 is 1.75. The summed E-state index contributed by atoms with van der Waals surface area (Å²) < 4.78 is 0. The van der Waals surface area contributed by atoms with Crippen molar-refractivity contribution < 1.29 is 0 Å². The molecule has 0 amide bonds. The number of fused-ring (bicyclic) bond motifs is 1. The molecule has 0 unspecified atom stereocenters. The van der Waals surface area contributed by atoms with Crippen molar-refractivity contribution in [1.82, 2.24) is 4.98 Å². The van der Waals surface area contributed by atoms with Gasteiger partial charge in [-0.25, -0.2) is 4.98 Å². The molecule has 3 rings (SSSR count). The van der Waals surface area contributed by atoms with E-state index in [1.165, 1.54) is 21.3 Å². The minimum atomic E-state index is 0.504. The van der Waals surface area contributed by atoms with Crippen molar-refractivity contribution in [2.45, 2.75) is 19.8 Å². The first-order chi connectivity index (χ1) is 8.74. The zero-order valence-corrected chi connectivity index (χ0v) is 11.4. The van der Waals surface area contributed by atoms with Crippen LogP contribution in [0.2, 0.25) is 0 Å². The highest BCUT2D eigenvalue weighted by molar-refractivity contribution is 7.10. The lowest BCUT2D eigenvalue weighted by atomic mass is 10.1. The van der Waals surface area contributed by atoms with Gasteiger partial charge in [-0.2, -0.15) is 0 Å². The minimum Gasteiger partial charge on any atom is -0.241 e. The fourth-order valence-electron chi connectivity index (χ4n) is 2.03. The van der Waals surface area contributed by atoms with Crippen LogP contribution in [0.3, 0.4) is 0 Å². The fourth-order valence-corrected chi connectivity index (χ4v) is 2.88. The Labute approximate surface area is 111 Å². The van der Waals surface area contributed by atoms with Gasteiger partial charge in [-0.3, -0.25) is 0 Å². The van der Waals surface area contributed by atoms with E-state index in [-0.39, 0.29) is 0 Å². The predicted molar refractivity (Wildman–Crippen MR) is 79.1 cm³/mol. The zero-order chi connectivity index (χ0) is 12.5. The number of thiazole rings is 1. The summed E-state index contributed by atoms with van der Waals surface area (Å²) in [5.74, 6) is 0.504. The predicted octanol–water partition coefficient (Wildman–Crippen LogP) is 5.09. The van der Waals surface area contributed by atoms with Crippen molar-refractivity contribution in [3.63, 3.8) is 0 Å². The molecule has 2 heteroatoms. The van der Waals surface area contributed by atoms with Gasteiger partial charge in [0.15, 0.2) is 0 Å². The molecule has 0 saturated carbocycles. The molecule has 0 atom stereocenters. The summed E-state index contributed by atoms with van der Waals surface area (Å²) in [6.07, 6.45) is 0. The van der Waals surface area contributed by atoms with E-state index in [0.717, 1.165) is 5.69 Å². The standard InChI is InChI=1S/C16H15NS/c1-11(2)16-17-15(10-18-16)14-8-7-12-5-3-4-6-13(12)9-14/h3-11H,1-2H3. The number of rotatable bonds is 2. The molecular weight excluding hydrogens is 238 g/mol. The van der Waals surface area contributed by atoms with Gasteiger partial charge in [-0.15, -0.1) is 11.3 Å². The van der Waals surface area contributed by atoms with Gasteiger partial charge in [0.25, 0.3) is 0 Å². The highest BCUT2D eigenvalue weighted by Crippen LogP contribution is 2.28. The van der Waals surface area contributed by atoms with Crippen molar-refractivity contribution in [2.24, 2.45) is 0 Å². The normalized spacial score (nSPS) is 11.3. The van der Waals surface area contributed by atoms with Crippen LogP contribution in [0.25, 0.3) is 22.0 Å². The monoisotopic (exact) mass is 253 g/mol. The molecule has 0 saturated heterocycles. The average Bonchev–Trinajstić information content (AvgIpc) is 2.88. The first-order valence-corrected chi connectivity index (χ1v) is 7.06. The van der Waals surface area contributed by atoms with Gasteiger partial charge in [-0.1, -0.05) is 50.2 Å². The van der Waals surface area contributed by atoms with Gasteiger partial charge in [0.05, 0.1) is 10.7 Å². The van der Waals surface area contributed by atoms with Crippen LogP contribution in [0.4, 0.5) is 0 Å². The second-order valence-corrected chi connectivity index (χ2v) is 5.68. The molecule has 1 nitrogen and oxygen atoms in total. The molecule has 3 aromatic rings. The van der Waals surface area contributed by atoms with Crippen LogP contribution in [-0.2, 0) is 0 Å². The smallest absolute Gasteiger partial charge is 0.0958 e. The van der Waals surface area contributed by atoms with Crippen LogP contribution in [0.15, 0.2) is 47.8 Å². The summed E-state index contributed by atoms with van der Waals surface area (Å²) in [7, 11) is 0. The SMILES string of the molecule is CC(C)c1nc(-c2ccc3ccccc3c2)cs1. The van der Waals surface area contributed by atoms with E-state index in [4.69, 9.17) is 4.98 Å². The third-order valence-electron chi connectivity index (χ3n) is 3.06. The lowest BCUT2D eigenvalue weighted by Crippen LogP contribution is -1.85. The third kappa shape index (κ3) is 2.04. The Hall–Kier alpha value is -1.67. The van der Waals surface area contributed by atoms with Crippen molar-refractivity contribution in [2.75, 3.05) is 0 Å². The van der Waals surface area contributed by atoms with Crippen LogP contribution in [0, 0.1) is 0 Å². The van der Waals surface area contributed by atoms with E-state index in [1.54, 1.807) is 11.3 Å². The van der Waals surface area contributed by atoms with Gasteiger partial charge >= 0.3 is 0 Å². The molecule has 0 fully saturated rings. The highest BCUT2D eigenvalue weighted by atomic mass is 32.1. The number of hydrogen-bond donors (Lipinski definition) is 0. The maximum absolute atomic E-state index is 4.71. The first-order valence-electron chi connectivity index (χ1n) is 6.18. The van der Waals surface area contributed by atoms with Crippen molar-refractivity contribution in [1.29, 1.82) is 0 Å². The minimum absolute atomic E-state index is 0.504. The number of benzene rings is 2. The molecule has 90 valence electrons. The Morgan fingerprint density at radius 3 is 2.50 bits per heavy atom. The van der Waals surface area contributed by atoms with Crippen LogP contribution in [-0.4, -0.2) is 4.98 Å². The lowest BCUT2D eigenvalue weighted by molar-refractivity contribution is 0.854. The van der Waals surface area contributed by atoms with Crippen LogP contribution < -0.4 is 0 Å². The third-order valence-corrected chi connectivity index (χ3v) is 4.21. The Bertz CT molecular complexity index is 682. The first kappa shape index (κ1) is 11.4. The topological polar surface area (TPSA) is 12.9 Å². The maximum Gasteiger partial charge on any atom is 0.0958 e. The molecular formula is C16H15NS. The second kappa shape index (κ2) is 4.54. The average molecular weight is 253 g/mol. The van der Waals surface area contributed by atoms with Crippen LogP contribution in [0.1, 0.15) is 24.8 Å². The summed E-state index contributed by atoms with van der Waals surface area (Å²) in [5.41, 5.74) is 2.30. The van der Waals surface area contributed by atoms with Gasteiger partial charge in [0, 0.05) is 16.9 Å².